The van der Waals surface area contributed by atoms with E-state index in [1.807, 2.05) is 73.6 Å². The quantitative estimate of drug-likeness (QED) is 0.743. The number of nitrogens with one attached hydrogen (secondary N) is 2. The van der Waals surface area contributed by atoms with E-state index in [0.29, 0.717) is 19.5 Å². The van der Waals surface area contributed by atoms with Gasteiger partial charge in [0.25, 0.3) is 0 Å². The van der Waals surface area contributed by atoms with Gasteiger partial charge in [-0.3, -0.25) is 4.79 Å². The second-order valence-corrected chi connectivity index (χ2v) is 5.77. The molecule has 0 bridgehead atoms. The molecular formula is C19H25N3O2. The lowest BCUT2D eigenvalue weighted by Crippen LogP contribution is -2.32. The predicted octanol–water partition coefficient (Wildman–Crippen LogP) is 2.96. The molecule has 2 N–H and O–H groups in total. The summed E-state index contributed by atoms with van der Waals surface area (Å²) in [6.07, 6.45) is 0.454. The van der Waals surface area contributed by atoms with E-state index in [0.717, 1.165) is 23.7 Å². The number of nitrogens with zero attached hydrogens (tertiary/aromatic N) is 1. The molecule has 0 aliphatic carbocycles. The Labute approximate surface area is 143 Å². The zero-order chi connectivity index (χ0) is 17.2. The predicted molar refractivity (Wildman–Crippen MR) is 97.6 cm³/mol. The monoisotopic (exact) mass is 327 g/mol. The Hall–Kier alpha value is -2.53. The van der Waals surface area contributed by atoms with E-state index >= 15 is 0 Å². The molecule has 0 heterocycles. The SMILES string of the molecule is CN(C)CCNC(=O)CCNc1ccc(Oc2ccccc2)cc1. The van der Waals surface area contributed by atoms with Gasteiger partial charge in [-0.1, -0.05) is 18.2 Å². The van der Waals surface area contributed by atoms with E-state index < -0.39 is 0 Å². The molecule has 128 valence electrons. The molecule has 0 spiro atoms. The fourth-order valence-corrected chi connectivity index (χ4v) is 2.09. The summed E-state index contributed by atoms with van der Waals surface area (Å²) in [6, 6.07) is 17.4. The van der Waals surface area contributed by atoms with Crippen LogP contribution in [0.15, 0.2) is 54.6 Å². The smallest absolute Gasteiger partial charge is 0.221 e. The van der Waals surface area contributed by atoms with Crippen molar-refractivity contribution in [2.24, 2.45) is 0 Å². The van der Waals surface area contributed by atoms with Gasteiger partial charge in [0.2, 0.25) is 5.91 Å². The second kappa shape index (κ2) is 9.57. The van der Waals surface area contributed by atoms with Crippen LogP contribution in [0.25, 0.3) is 0 Å². The van der Waals surface area contributed by atoms with Crippen molar-refractivity contribution in [1.82, 2.24) is 10.2 Å². The molecule has 0 unspecified atom stereocenters. The molecule has 1 amide bonds. The maximum absolute atomic E-state index is 11.7. The number of anilines is 1. The molecule has 0 aromatic heterocycles. The summed E-state index contributed by atoms with van der Waals surface area (Å²) in [7, 11) is 3.97. The Morgan fingerprint density at radius 1 is 0.958 bits per heavy atom. The maximum Gasteiger partial charge on any atom is 0.221 e. The molecule has 2 aromatic carbocycles. The standard InChI is InChI=1S/C19H25N3O2/c1-22(2)15-14-21-19(23)12-13-20-16-8-10-18(11-9-16)24-17-6-4-3-5-7-17/h3-11,20H,12-15H2,1-2H3,(H,21,23). The second-order valence-electron chi connectivity index (χ2n) is 5.77. The molecule has 2 aromatic rings. The first-order valence-corrected chi connectivity index (χ1v) is 8.12. The highest BCUT2D eigenvalue weighted by molar-refractivity contribution is 5.76. The molecule has 2 rings (SSSR count). The van der Waals surface area contributed by atoms with E-state index in [-0.39, 0.29) is 5.91 Å². The van der Waals surface area contributed by atoms with Crippen LogP contribution < -0.4 is 15.4 Å². The minimum absolute atomic E-state index is 0.0633. The van der Waals surface area contributed by atoms with Gasteiger partial charge in [0.15, 0.2) is 0 Å². The Morgan fingerprint density at radius 2 is 1.62 bits per heavy atom. The Bertz CT molecular complexity index is 612. The fourth-order valence-electron chi connectivity index (χ4n) is 2.09. The summed E-state index contributed by atoms with van der Waals surface area (Å²) < 4.78 is 5.74. The van der Waals surface area contributed by atoms with E-state index in [2.05, 4.69) is 10.6 Å². The van der Waals surface area contributed by atoms with Gasteiger partial charge in [-0.25, -0.2) is 0 Å². The topological polar surface area (TPSA) is 53.6 Å². The average Bonchev–Trinajstić information content (AvgIpc) is 2.57. The molecule has 24 heavy (non-hydrogen) atoms. The van der Waals surface area contributed by atoms with Crippen molar-refractivity contribution in [2.75, 3.05) is 39.0 Å². The molecule has 0 fully saturated rings. The highest BCUT2D eigenvalue weighted by Crippen LogP contribution is 2.22. The zero-order valence-corrected chi connectivity index (χ0v) is 14.3. The van der Waals surface area contributed by atoms with Crippen molar-refractivity contribution in [3.8, 4) is 11.5 Å². The van der Waals surface area contributed by atoms with Gasteiger partial charge < -0.3 is 20.3 Å². The highest BCUT2D eigenvalue weighted by atomic mass is 16.5. The first-order chi connectivity index (χ1) is 11.6. The summed E-state index contributed by atoms with van der Waals surface area (Å²) in [5.74, 6) is 1.66. The van der Waals surface area contributed by atoms with Crippen molar-refractivity contribution >= 4 is 11.6 Å². The minimum Gasteiger partial charge on any atom is -0.457 e. The molecule has 5 heteroatoms. The van der Waals surface area contributed by atoms with Crippen LogP contribution in [0.4, 0.5) is 5.69 Å². The first-order valence-electron chi connectivity index (χ1n) is 8.12. The van der Waals surface area contributed by atoms with Gasteiger partial charge in [0.05, 0.1) is 0 Å². The summed E-state index contributed by atoms with van der Waals surface area (Å²) in [4.78, 5) is 13.7. The van der Waals surface area contributed by atoms with Crippen LogP contribution in [0.2, 0.25) is 0 Å². The van der Waals surface area contributed by atoms with Crippen LogP contribution in [0.1, 0.15) is 6.42 Å². The minimum atomic E-state index is 0.0633. The normalized spacial score (nSPS) is 10.5. The van der Waals surface area contributed by atoms with Gasteiger partial charge in [0, 0.05) is 31.7 Å². The maximum atomic E-state index is 11.7. The van der Waals surface area contributed by atoms with Gasteiger partial charge in [-0.05, 0) is 50.5 Å². The average molecular weight is 327 g/mol. The van der Waals surface area contributed by atoms with Crippen LogP contribution in [0.3, 0.4) is 0 Å². The van der Waals surface area contributed by atoms with Crippen LogP contribution >= 0.6 is 0 Å². The Kier molecular flexibility index (Phi) is 7.11. The number of amides is 1. The number of benzene rings is 2. The molecule has 0 saturated carbocycles. The van der Waals surface area contributed by atoms with E-state index in [4.69, 9.17) is 4.74 Å². The van der Waals surface area contributed by atoms with Crippen molar-refractivity contribution in [3.05, 3.63) is 54.6 Å². The molecule has 5 nitrogen and oxygen atoms in total. The zero-order valence-electron chi connectivity index (χ0n) is 14.3. The number of likely N-dealkylation sites (N-methyl/N-ethyl adjacent to an activating group) is 1. The summed E-state index contributed by atoms with van der Waals surface area (Å²) in [6.45, 7) is 2.13. The third kappa shape index (κ3) is 6.71. The lowest BCUT2D eigenvalue weighted by atomic mass is 10.3. The van der Waals surface area contributed by atoms with Gasteiger partial charge in [0.1, 0.15) is 11.5 Å². The van der Waals surface area contributed by atoms with Gasteiger partial charge >= 0.3 is 0 Å². The van der Waals surface area contributed by atoms with E-state index in [9.17, 15) is 4.79 Å². The number of hydrogen-bond acceptors (Lipinski definition) is 4. The lowest BCUT2D eigenvalue weighted by Gasteiger charge is -2.11. The number of ether oxygens (including phenoxy) is 1. The molecular weight excluding hydrogens is 302 g/mol. The number of carbonyl (C=O) groups is 1. The molecule has 0 aliphatic heterocycles. The number of hydrogen-bond donors (Lipinski definition) is 2. The molecule has 0 atom stereocenters. The number of para-hydroxylation sites is 1. The number of carbonyl (C=O) groups excluding carboxylic acids is 1. The van der Waals surface area contributed by atoms with Gasteiger partial charge in [-0.15, -0.1) is 0 Å². The highest BCUT2D eigenvalue weighted by Gasteiger charge is 2.01. The van der Waals surface area contributed by atoms with E-state index in [1.54, 1.807) is 0 Å². The lowest BCUT2D eigenvalue weighted by molar-refractivity contribution is -0.120. The summed E-state index contributed by atoms with van der Waals surface area (Å²) in [5.41, 5.74) is 0.969. The van der Waals surface area contributed by atoms with Gasteiger partial charge in [-0.2, -0.15) is 0 Å². The largest absolute Gasteiger partial charge is 0.457 e. The Morgan fingerprint density at radius 3 is 2.29 bits per heavy atom. The third-order valence-electron chi connectivity index (χ3n) is 3.40. The summed E-state index contributed by atoms with van der Waals surface area (Å²) in [5, 5.41) is 6.14. The van der Waals surface area contributed by atoms with Crippen LogP contribution in [-0.2, 0) is 4.79 Å². The first kappa shape index (κ1) is 17.8. The molecule has 0 saturated heterocycles. The van der Waals surface area contributed by atoms with Crippen LogP contribution in [0.5, 0.6) is 11.5 Å². The number of rotatable bonds is 9. The molecule has 0 radical (unpaired) electrons. The van der Waals surface area contributed by atoms with Crippen molar-refractivity contribution in [1.29, 1.82) is 0 Å². The van der Waals surface area contributed by atoms with Crippen LogP contribution in [0, 0.1) is 0 Å². The van der Waals surface area contributed by atoms with Crippen molar-refractivity contribution in [2.45, 2.75) is 6.42 Å². The van der Waals surface area contributed by atoms with Crippen molar-refractivity contribution in [3.63, 3.8) is 0 Å². The third-order valence-corrected chi connectivity index (χ3v) is 3.40. The van der Waals surface area contributed by atoms with Crippen LogP contribution in [-0.4, -0.2) is 44.5 Å². The summed E-state index contributed by atoms with van der Waals surface area (Å²) >= 11 is 0. The van der Waals surface area contributed by atoms with E-state index in [1.165, 1.54) is 0 Å². The van der Waals surface area contributed by atoms with Crippen molar-refractivity contribution < 1.29 is 9.53 Å². The fraction of sp³-hybridized carbons (Fsp3) is 0.316. The Balaban J connectivity index is 1.69. The molecule has 0 aliphatic rings.